The molecule has 0 bridgehead atoms. The average molecular weight is 333 g/mol. The van der Waals surface area contributed by atoms with E-state index >= 15 is 0 Å². The van der Waals surface area contributed by atoms with Crippen LogP contribution < -0.4 is 11.1 Å². The van der Waals surface area contributed by atoms with Crippen molar-refractivity contribution in [3.8, 4) is 0 Å². The van der Waals surface area contributed by atoms with Crippen molar-refractivity contribution in [2.24, 2.45) is 0 Å². The fourth-order valence-corrected chi connectivity index (χ4v) is 3.18. The predicted octanol–water partition coefficient (Wildman–Crippen LogP) is 1.09. The molecule has 1 aromatic carbocycles. The molecule has 0 saturated carbocycles. The number of nitrogens with two attached hydrogens (primary N) is 1. The van der Waals surface area contributed by atoms with Gasteiger partial charge in [-0.05, 0) is 18.6 Å². The summed E-state index contributed by atoms with van der Waals surface area (Å²) in [6.45, 7) is 2.49. The molecule has 0 amide bonds. The van der Waals surface area contributed by atoms with Gasteiger partial charge in [-0.15, -0.1) is 0 Å². The maximum atomic E-state index is 12.2. The summed E-state index contributed by atoms with van der Waals surface area (Å²) in [5.41, 5.74) is 6.74. The lowest BCUT2D eigenvalue weighted by Crippen LogP contribution is -2.23. The van der Waals surface area contributed by atoms with Gasteiger partial charge in [0.05, 0.1) is 11.4 Å². The molecule has 120 valence electrons. The Morgan fingerprint density at radius 2 is 2.00 bits per heavy atom. The molecule has 1 aromatic rings. The number of sulfonamides is 1. The van der Waals surface area contributed by atoms with Crippen LogP contribution >= 0.6 is 0 Å². The lowest BCUT2D eigenvalue weighted by molar-refractivity contribution is 0.521. The molecule has 0 fully saturated rings. The number of rotatable bonds is 7. The fraction of sp³-hybridized carbons (Fsp3) is 0.538. The Kier molecular flexibility index (Phi) is 6.18. The number of anilines is 2. The molecule has 0 aliphatic rings. The fourth-order valence-electron chi connectivity index (χ4n) is 1.70. The smallest absolute Gasteiger partial charge is 0.244 e. The van der Waals surface area contributed by atoms with Gasteiger partial charge in [0, 0.05) is 42.9 Å². The molecule has 0 aliphatic carbocycles. The van der Waals surface area contributed by atoms with Crippen molar-refractivity contribution in [1.29, 1.82) is 0 Å². The molecule has 0 radical (unpaired) electrons. The molecular formula is C13H23N3O3S2. The summed E-state index contributed by atoms with van der Waals surface area (Å²) in [6, 6.07) is 4.87. The summed E-state index contributed by atoms with van der Waals surface area (Å²) >= 11 is 0. The summed E-state index contributed by atoms with van der Waals surface area (Å²) in [7, 11) is -1.51. The Hall–Kier alpha value is -1.12. The minimum atomic E-state index is -3.57. The van der Waals surface area contributed by atoms with E-state index in [0.29, 0.717) is 18.7 Å². The summed E-state index contributed by atoms with van der Waals surface area (Å²) in [6.07, 6.45) is 2.39. The molecule has 0 spiro atoms. The lowest BCUT2D eigenvalue weighted by atomic mass is 10.2. The van der Waals surface area contributed by atoms with Gasteiger partial charge in [0.25, 0.3) is 0 Å². The van der Waals surface area contributed by atoms with Crippen LogP contribution in [0.15, 0.2) is 23.1 Å². The number of nitrogens with one attached hydrogen (secondary N) is 1. The highest BCUT2D eigenvalue weighted by molar-refractivity contribution is 7.89. The van der Waals surface area contributed by atoms with E-state index in [1.807, 2.05) is 6.92 Å². The van der Waals surface area contributed by atoms with Gasteiger partial charge in [0.1, 0.15) is 4.90 Å². The van der Waals surface area contributed by atoms with Crippen molar-refractivity contribution in [3.63, 3.8) is 0 Å². The van der Waals surface area contributed by atoms with Gasteiger partial charge < -0.3 is 11.1 Å². The van der Waals surface area contributed by atoms with Crippen LogP contribution in [-0.2, 0) is 20.8 Å². The molecule has 0 aromatic heterocycles. The standard InChI is InChI=1S/C13H23N3O3S2/c1-10(20(4)17)8-9-15-11-6-5-7-12(13(11)14)21(18,19)16(2)3/h5-7,10,15H,8-9,14H2,1-4H3. The zero-order valence-corrected chi connectivity index (χ0v) is 14.4. The monoisotopic (exact) mass is 333 g/mol. The molecule has 0 aliphatic heterocycles. The number of benzene rings is 1. The van der Waals surface area contributed by atoms with Crippen molar-refractivity contribution in [3.05, 3.63) is 18.2 Å². The highest BCUT2D eigenvalue weighted by Gasteiger charge is 2.21. The molecule has 6 nitrogen and oxygen atoms in total. The van der Waals surface area contributed by atoms with Crippen LogP contribution in [-0.4, -0.2) is 49.1 Å². The molecule has 1 rings (SSSR count). The van der Waals surface area contributed by atoms with E-state index in [1.165, 1.54) is 20.2 Å². The van der Waals surface area contributed by atoms with Crippen molar-refractivity contribution < 1.29 is 12.6 Å². The van der Waals surface area contributed by atoms with Crippen LogP contribution in [0.2, 0.25) is 0 Å². The van der Waals surface area contributed by atoms with E-state index in [4.69, 9.17) is 5.73 Å². The summed E-state index contributed by atoms with van der Waals surface area (Å²) in [5, 5.41) is 3.18. The first-order valence-corrected chi connectivity index (χ1v) is 9.61. The number of nitrogen functional groups attached to an aromatic ring is 1. The van der Waals surface area contributed by atoms with Crippen molar-refractivity contribution >= 4 is 32.2 Å². The quantitative estimate of drug-likeness (QED) is 0.729. The molecule has 2 unspecified atom stereocenters. The molecule has 0 saturated heterocycles. The highest BCUT2D eigenvalue weighted by Crippen LogP contribution is 2.28. The number of para-hydroxylation sites is 1. The SMILES string of the molecule is CC(CCNc1cccc(S(=O)(=O)N(C)C)c1N)S(C)=O. The Morgan fingerprint density at radius 3 is 2.52 bits per heavy atom. The second-order valence-corrected chi connectivity index (χ2v) is 8.95. The third kappa shape index (κ3) is 4.42. The van der Waals surface area contributed by atoms with E-state index in [1.54, 1.807) is 18.4 Å². The number of nitrogens with zero attached hydrogens (tertiary/aromatic N) is 1. The van der Waals surface area contributed by atoms with Gasteiger partial charge >= 0.3 is 0 Å². The molecule has 0 heterocycles. The number of hydrogen-bond donors (Lipinski definition) is 2. The van der Waals surface area contributed by atoms with Gasteiger partial charge in [-0.25, -0.2) is 12.7 Å². The first kappa shape index (κ1) is 17.9. The van der Waals surface area contributed by atoms with Crippen LogP contribution in [0.5, 0.6) is 0 Å². The van der Waals surface area contributed by atoms with Crippen LogP contribution in [0, 0.1) is 0 Å². The maximum absolute atomic E-state index is 12.2. The summed E-state index contributed by atoms with van der Waals surface area (Å²) in [4.78, 5) is 0.0876. The third-order valence-electron chi connectivity index (χ3n) is 3.26. The Labute approximate surface area is 129 Å². The van der Waals surface area contributed by atoms with Gasteiger partial charge in [0.15, 0.2) is 0 Å². The minimum absolute atomic E-state index is 0.0763. The second kappa shape index (κ2) is 7.24. The topological polar surface area (TPSA) is 92.5 Å². The number of hydrogen-bond acceptors (Lipinski definition) is 5. The van der Waals surface area contributed by atoms with Gasteiger partial charge in [0.2, 0.25) is 10.0 Å². The Balaban J connectivity index is 2.90. The van der Waals surface area contributed by atoms with Crippen LogP contribution in [0.4, 0.5) is 11.4 Å². The van der Waals surface area contributed by atoms with Crippen LogP contribution in [0.1, 0.15) is 13.3 Å². The van der Waals surface area contributed by atoms with Gasteiger partial charge in [-0.3, -0.25) is 4.21 Å². The van der Waals surface area contributed by atoms with E-state index in [-0.39, 0.29) is 15.8 Å². The first-order valence-electron chi connectivity index (χ1n) is 6.55. The van der Waals surface area contributed by atoms with E-state index in [9.17, 15) is 12.6 Å². The molecule has 21 heavy (non-hydrogen) atoms. The highest BCUT2D eigenvalue weighted by atomic mass is 32.2. The zero-order chi connectivity index (χ0) is 16.2. The first-order chi connectivity index (χ1) is 9.67. The Morgan fingerprint density at radius 1 is 1.38 bits per heavy atom. The molecular weight excluding hydrogens is 310 g/mol. The lowest BCUT2D eigenvalue weighted by Gasteiger charge is -2.17. The Bertz CT molecular complexity index is 615. The summed E-state index contributed by atoms with van der Waals surface area (Å²) < 4.78 is 36.7. The van der Waals surface area contributed by atoms with Crippen molar-refractivity contribution in [2.45, 2.75) is 23.5 Å². The normalized spacial score (nSPS) is 14.9. The molecule has 2 atom stereocenters. The second-order valence-electron chi connectivity index (χ2n) is 5.03. The van der Waals surface area contributed by atoms with Crippen LogP contribution in [0.3, 0.4) is 0 Å². The largest absolute Gasteiger partial charge is 0.396 e. The zero-order valence-electron chi connectivity index (χ0n) is 12.8. The van der Waals surface area contributed by atoms with Gasteiger partial charge in [-0.2, -0.15) is 0 Å². The van der Waals surface area contributed by atoms with E-state index < -0.39 is 20.8 Å². The van der Waals surface area contributed by atoms with E-state index in [2.05, 4.69) is 5.32 Å². The maximum Gasteiger partial charge on any atom is 0.244 e. The predicted molar refractivity (Wildman–Crippen MR) is 88.4 cm³/mol. The minimum Gasteiger partial charge on any atom is -0.396 e. The van der Waals surface area contributed by atoms with E-state index in [0.717, 1.165) is 4.31 Å². The van der Waals surface area contributed by atoms with Crippen molar-refractivity contribution in [2.75, 3.05) is 37.9 Å². The average Bonchev–Trinajstić information content (AvgIpc) is 2.39. The summed E-state index contributed by atoms with van der Waals surface area (Å²) in [5.74, 6) is 0. The molecule has 8 heteroatoms. The van der Waals surface area contributed by atoms with Gasteiger partial charge in [-0.1, -0.05) is 13.0 Å². The third-order valence-corrected chi connectivity index (χ3v) is 6.50. The van der Waals surface area contributed by atoms with Crippen LogP contribution in [0.25, 0.3) is 0 Å². The van der Waals surface area contributed by atoms with Crippen molar-refractivity contribution in [1.82, 2.24) is 4.31 Å². The molecule has 3 N–H and O–H groups in total.